The molecule has 0 aliphatic heterocycles. The van der Waals surface area contributed by atoms with Gasteiger partial charge in [-0.3, -0.25) is 0 Å². The second kappa shape index (κ2) is 27.8. The van der Waals surface area contributed by atoms with E-state index in [2.05, 4.69) is 34.3 Å². The molecule has 0 saturated heterocycles. The van der Waals surface area contributed by atoms with E-state index in [1.807, 2.05) is 0 Å². The van der Waals surface area contributed by atoms with Gasteiger partial charge >= 0.3 is 5.97 Å². The maximum atomic E-state index is 12.2. The minimum atomic E-state index is -0.223. The topological polar surface area (TPSA) is 26.3 Å². The molecule has 0 spiro atoms. The van der Waals surface area contributed by atoms with Crippen molar-refractivity contribution in [3.63, 3.8) is 0 Å². The highest BCUT2D eigenvalue weighted by Crippen LogP contribution is 2.29. The summed E-state index contributed by atoms with van der Waals surface area (Å²) in [6, 6.07) is 0. The highest BCUT2D eigenvalue weighted by molar-refractivity contribution is 5.87. The zero-order valence-corrected chi connectivity index (χ0v) is 26.9. The first-order valence-electron chi connectivity index (χ1n) is 17.3. The van der Waals surface area contributed by atoms with Crippen LogP contribution in [0.1, 0.15) is 195 Å². The van der Waals surface area contributed by atoms with Crippen LogP contribution >= 0.6 is 0 Å². The van der Waals surface area contributed by atoms with Gasteiger partial charge in [0.25, 0.3) is 0 Å². The summed E-state index contributed by atoms with van der Waals surface area (Å²) in [4.78, 5) is 12.2. The molecular formula is C36H70O2. The van der Waals surface area contributed by atoms with Gasteiger partial charge in [0, 0.05) is 5.57 Å². The zero-order valence-electron chi connectivity index (χ0n) is 26.9. The van der Waals surface area contributed by atoms with Crippen molar-refractivity contribution >= 4 is 5.97 Å². The molecular weight excluding hydrogens is 464 g/mol. The molecule has 0 aliphatic carbocycles. The van der Waals surface area contributed by atoms with Crippen molar-refractivity contribution in [2.75, 3.05) is 0 Å². The van der Waals surface area contributed by atoms with Gasteiger partial charge in [0.05, 0.1) is 0 Å². The van der Waals surface area contributed by atoms with Crippen LogP contribution in [0.3, 0.4) is 0 Å². The van der Waals surface area contributed by atoms with Crippen molar-refractivity contribution in [3.8, 4) is 0 Å². The van der Waals surface area contributed by atoms with Crippen molar-refractivity contribution in [2.24, 2.45) is 11.8 Å². The van der Waals surface area contributed by atoms with E-state index >= 15 is 0 Å². The first kappa shape index (κ1) is 37.2. The Bertz CT molecular complexity index is 525. The van der Waals surface area contributed by atoms with Crippen molar-refractivity contribution in [1.29, 1.82) is 0 Å². The largest absolute Gasteiger partial charge is 0.459 e. The first-order chi connectivity index (χ1) is 18.4. The Morgan fingerprint density at radius 2 is 0.868 bits per heavy atom. The molecule has 3 unspecified atom stereocenters. The number of hydrogen-bond donors (Lipinski definition) is 0. The Hall–Kier alpha value is -0.790. The molecule has 0 aromatic rings. The van der Waals surface area contributed by atoms with E-state index in [0.717, 1.165) is 0 Å². The number of carbonyl (C=O) groups is 1. The zero-order chi connectivity index (χ0) is 28.3. The monoisotopic (exact) mass is 535 g/mol. The van der Waals surface area contributed by atoms with E-state index in [9.17, 15) is 4.79 Å². The Balaban J connectivity index is 4.15. The lowest BCUT2D eigenvalue weighted by Gasteiger charge is -2.30. The Morgan fingerprint density at radius 3 is 1.21 bits per heavy atom. The normalized spacial score (nSPS) is 13.8. The average Bonchev–Trinajstić information content (AvgIpc) is 2.89. The van der Waals surface area contributed by atoms with Crippen LogP contribution < -0.4 is 0 Å². The molecule has 0 aromatic carbocycles. The van der Waals surface area contributed by atoms with Gasteiger partial charge in [-0.25, -0.2) is 4.79 Å². The van der Waals surface area contributed by atoms with Crippen molar-refractivity contribution in [2.45, 2.75) is 201 Å². The summed E-state index contributed by atoms with van der Waals surface area (Å²) >= 11 is 0. The maximum Gasteiger partial charge on any atom is 0.333 e. The molecule has 2 heteroatoms. The quantitative estimate of drug-likeness (QED) is 0.0541. The number of ether oxygens (including phenoxy) is 1. The fourth-order valence-electron chi connectivity index (χ4n) is 5.90. The SMILES string of the molecule is C=C(C)C(=O)OC(C)C(CCCCCCCCCCCCC)C(C)CCCCCCCCCCCCCC. The maximum absolute atomic E-state index is 12.2. The van der Waals surface area contributed by atoms with Gasteiger partial charge in [0.2, 0.25) is 0 Å². The highest BCUT2D eigenvalue weighted by Gasteiger charge is 2.26. The van der Waals surface area contributed by atoms with Crippen molar-refractivity contribution in [1.82, 2.24) is 0 Å². The van der Waals surface area contributed by atoms with Crippen molar-refractivity contribution in [3.05, 3.63) is 12.2 Å². The molecule has 0 amide bonds. The molecule has 0 aliphatic rings. The van der Waals surface area contributed by atoms with Crippen molar-refractivity contribution < 1.29 is 9.53 Å². The molecule has 0 N–H and O–H groups in total. The Kier molecular flexibility index (Phi) is 27.2. The number of hydrogen-bond acceptors (Lipinski definition) is 2. The lowest BCUT2D eigenvalue weighted by molar-refractivity contribution is -0.147. The van der Waals surface area contributed by atoms with E-state index < -0.39 is 0 Å². The predicted octanol–water partition coefficient (Wildman–Crippen LogP) is 12.5. The summed E-state index contributed by atoms with van der Waals surface area (Å²) in [6.45, 7) is 14.6. The number of rotatable bonds is 29. The van der Waals surface area contributed by atoms with Gasteiger partial charge in [0.1, 0.15) is 6.10 Å². The van der Waals surface area contributed by atoms with Gasteiger partial charge in [-0.1, -0.05) is 181 Å². The van der Waals surface area contributed by atoms with Crippen LogP contribution in [0, 0.1) is 11.8 Å². The van der Waals surface area contributed by atoms with E-state index in [1.54, 1.807) is 6.92 Å². The summed E-state index contributed by atoms with van der Waals surface area (Å²) in [5.41, 5.74) is 0.513. The number of carbonyl (C=O) groups excluding carboxylic acids is 1. The Morgan fingerprint density at radius 1 is 0.553 bits per heavy atom. The van der Waals surface area contributed by atoms with Crippen LogP contribution in [-0.2, 0) is 9.53 Å². The second-order valence-corrected chi connectivity index (χ2v) is 12.5. The molecule has 0 fully saturated rings. The minimum Gasteiger partial charge on any atom is -0.459 e. The van der Waals surface area contributed by atoms with Gasteiger partial charge in [0.15, 0.2) is 0 Å². The van der Waals surface area contributed by atoms with Crippen LogP contribution in [0.4, 0.5) is 0 Å². The minimum absolute atomic E-state index is 0.0188. The van der Waals surface area contributed by atoms with Gasteiger partial charge in [-0.2, -0.15) is 0 Å². The van der Waals surface area contributed by atoms with Gasteiger partial charge in [-0.05, 0) is 32.1 Å². The van der Waals surface area contributed by atoms with Gasteiger partial charge in [-0.15, -0.1) is 0 Å². The molecule has 2 nitrogen and oxygen atoms in total. The predicted molar refractivity (Wildman–Crippen MR) is 170 cm³/mol. The lowest BCUT2D eigenvalue weighted by atomic mass is 9.82. The van der Waals surface area contributed by atoms with Crippen LogP contribution in [0.2, 0.25) is 0 Å². The number of esters is 1. The van der Waals surface area contributed by atoms with Gasteiger partial charge < -0.3 is 4.74 Å². The molecule has 0 bridgehead atoms. The third-order valence-corrected chi connectivity index (χ3v) is 8.63. The van der Waals surface area contributed by atoms with Crippen LogP contribution in [0.15, 0.2) is 12.2 Å². The molecule has 0 rings (SSSR count). The van der Waals surface area contributed by atoms with E-state index in [-0.39, 0.29) is 12.1 Å². The first-order valence-corrected chi connectivity index (χ1v) is 17.3. The summed E-state index contributed by atoms with van der Waals surface area (Å²) < 4.78 is 5.82. The molecule has 226 valence electrons. The molecule has 0 aromatic heterocycles. The molecule has 3 atom stereocenters. The number of unbranched alkanes of at least 4 members (excludes halogenated alkanes) is 21. The average molecular weight is 535 g/mol. The summed E-state index contributed by atoms with van der Waals surface area (Å²) in [6.07, 6.45) is 34.3. The molecule has 0 heterocycles. The smallest absolute Gasteiger partial charge is 0.333 e. The fraction of sp³-hybridized carbons (Fsp3) is 0.917. The lowest BCUT2D eigenvalue weighted by Crippen LogP contribution is -2.29. The molecule has 38 heavy (non-hydrogen) atoms. The van der Waals surface area contributed by atoms with Crippen LogP contribution in [0.25, 0.3) is 0 Å². The van der Waals surface area contributed by atoms with Crippen LogP contribution in [-0.4, -0.2) is 12.1 Å². The third kappa shape index (κ3) is 23.1. The fourth-order valence-corrected chi connectivity index (χ4v) is 5.90. The summed E-state index contributed by atoms with van der Waals surface area (Å²) in [7, 11) is 0. The third-order valence-electron chi connectivity index (χ3n) is 8.63. The van der Waals surface area contributed by atoms with E-state index in [4.69, 9.17) is 4.74 Å². The highest BCUT2D eigenvalue weighted by atomic mass is 16.5. The Labute approximate surface area is 240 Å². The van der Waals surface area contributed by atoms with Crippen LogP contribution in [0.5, 0.6) is 0 Å². The van der Waals surface area contributed by atoms with E-state index in [1.165, 1.54) is 161 Å². The standard InChI is InChI=1S/C36H70O2/c1-7-9-11-13-15-17-19-21-22-24-26-28-30-33(5)35(34(6)38-36(37)32(3)4)31-29-27-25-23-20-18-16-14-12-10-8-2/h33-35H,3,7-31H2,1-2,4-6H3. The summed E-state index contributed by atoms with van der Waals surface area (Å²) in [5.74, 6) is 0.845. The second-order valence-electron chi connectivity index (χ2n) is 12.5. The molecule has 0 radical (unpaired) electrons. The molecule has 0 saturated carbocycles. The summed E-state index contributed by atoms with van der Waals surface area (Å²) in [5, 5.41) is 0. The van der Waals surface area contributed by atoms with E-state index in [0.29, 0.717) is 17.4 Å².